The van der Waals surface area contributed by atoms with Gasteiger partial charge in [-0.05, 0) is 24.8 Å². The fourth-order valence-electron chi connectivity index (χ4n) is 5.56. The Morgan fingerprint density at radius 3 is 2.79 bits per heavy atom. The topological polar surface area (TPSA) is 99.4 Å². The first-order valence-corrected chi connectivity index (χ1v) is 14.2. The van der Waals surface area contributed by atoms with Crippen LogP contribution in [-0.4, -0.2) is 87.5 Å². The van der Waals surface area contributed by atoms with Crippen LogP contribution in [0.2, 0.25) is 0 Å². The van der Waals surface area contributed by atoms with Gasteiger partial charge < -0.3 is 23.4 Å². The Labute approximate surface area is 223 Å². The highest BCUT2D eigenvalue weighted by molar-refractivity contribution is 7.45. The van der Waals surface area contributed by atoms with Gasteiger partial charge in [0.2, 0.25) is 0 Å². The summed E-state index contributed by atoms with van der Waals surface area (Å²) in [5.41, 5.74) is 2.45. The van der Waals surface area contributed by atoms with Gasteiger partial charge in [-0.2, -0.15) is 0 Å². The molecule has 11 nitrogen and oxygen atoms in total. The van der Waals surface area contributed by atoms with Crippen molar-refractivity contribution in [2.75, 3.05) is 27.7 Å². The number of methoxy groups -OCH3 is 1. The molecule has 0 bridgehead atoms. The summed E-state index contributed by atoms with van der Waals surface area (Å²) < 4.78 is 30.3. The van der Waals surface area contributed by atoms with E-state index in [9.17, 15) is 0 Å². The Bertz CT molecular complexity index is 1270. The zero-order valence-corrected chi connectivity index (χ0v) is 23.0. The molecule has 3 aromatic rings. The number of hydrogen-bond acceptors (Lipinski definition) is 9. The predicted molar refractivity (Wildman–Crippen MR) is 144 cm³/mol. The van der Waals surface area contributed by atoms with Crippen molar-refractivity contribution in [2.24, 2.45) is 4.99 Å². The van der Waals surface area contributed by atoms with Crippen molar-refractivity contribution in [2.45, 2.75) is 62.9 Å². The molecule has 3 fully saturated rings. The summed E-state index contributed by atoms with van der Waals surface area (Å²) in [5, 5.41) is 0. The number of imidazole rings is 1. The summed E-state index contributed by atoms with van der Waals surface area (Å²) in [6.07, 6.45) is 6.65. The fraction of sp³-hybridized carbons (Fsp3) is 0.538. The van der Waals surface area contributed by atoms with Crippen molar-refractivity contribution in [3.63, 3.8) is 0 Å². The maximum atomic E-state index is 6.80. The second-order valence-electron chi connectivity index (χ2n) is 10.0. The van der Waals surface area contributed by atoms with E-state index in [2.05, 4.69) is 55.8 Å². The summed E-state index contributed by atoms with van der Waals surface area (Å²) in [6.45, 7) is 3.08. The molecule has 0 amide bonds. The van der Waals surface area contributed by atoms with E-state index in [4.69, 9.17) is 18.5 Å². The smallest absolute Gasteiger partial charge is 0.260 e. The lowest BCUT2D eigenvalue weighted by atomic mass is 10.0. The number of fused-ring (bicyclic) bond motifs is 2. The van der Waals surface area contributed by atoms with Crippen LogP contribution in [0.5, 0.6) is 0 Å². The second kappa shape index (κ2) is 10.9. The molecule has 3 aliphatic heterocycles. The van der Waals surface area contributed by atoms with Crippen molar-refractivity contribution < 1.29 is 18.5 Å². The maximum absolute atomic E-state index is 6.80. The summed E-state index contributed by atoms with van der Waals surface area (Å²) in [7, 11) is 4.26. The van der Waals surface area contributed by atoms with Gasteiger partial charge in [-0.3, -0.25) is 4.57 Å². The van der Waals surface area contributed by atoms with Gasteiger partial charge in [0.25, 0.3) is 8.53 Å². The molecule has 2 aromatic heterocycles. The standard InChI is InChI=1S/C26H34N7O4P/c1-5-19-22(37-38-33-13-9-12-18(33)21(36-38)17-10-7-6-8-11-17)23(34-4)26(35-19)32-16-29-20-24(30-15-31(2)3)27-14-28-25(20)32/h6-8,10-11,14-16,18-19,21-23,26H,5,9,12-13H2,1-4H3/t18-,19+,21+,22-,23?,26+,38+/m0/s1. The molecule has 0 saturated carbocycles. The molecule has 0 aliphatic carbocycles. The van der Waals surface area contributed by atoms with Gasteiger partial charge in [-0.1, -0.05) is 37.3 Å². The molecule has 0 spiro atoms. The van der Waals surface area contributed by atoms with Crippen molar-refractivity contribution in [3.8, 4) is 0 Å². The lowest BCUT2D eigenvalue weighted by Gasteiger charge is -2.28. The second-order valence-corrected chi connectivity index (χ2v) is 11.4. The molecule has 0 N–H and O–H groups in total. The number of benzene rings is 1. The molecular formula is C26H34N7O4P. The van der Waals surface area contributed by atoms with E-state index in [0.717, 1.165) is 25.8 Å². The normalized spacial score (nSPS) is 31.5. The van der Waals surface area contributed by atoms with E-state index in [1.54, 1.807) is 19.8 Å². The maximum Gasteiger partial charge on any atom is 0.260 e. The summed E-state index contributed by atoms with van der Waals surface area (Å²) >= 11 is 0. The Kier molecular flexibility index (Phi) is 7.39. The third kappa shape index (κ3) is 4.61. The summed E-state index contributed by atoms with van der Waals surface area (Å²) in [6, 6.07) is 10.8. The first kappa shape index (κ1) is 25.7. The van der Waals surface area contributed by atoms with Crippen molar-refractivity contribution in [1.29, 1.82) is 0 Å². The minimum atomic E-state index is -1.25. The zero-order valence-electron chi connectivity index (χ0n) is 22.1. The molecule has 202 valence electrons. The van der Waals surface area contributed by atoms with Crippen LogP contribution in [0, 0.1) is 0 Å². The van der Waals surface area contributed by atoms with E-state index in [1.165, 1.54) is 11.9 Å². The predicted octanol–water partition coefficient (Wildman–Crippen LogP) is 4.22. The first-order valence-electron chi connectivity index (χ1n) is 13.1. The quantitative estimate of drug-likeness (QED) is 0.237. The van der Waals surface area contributed by atoms with E-state index in [1.807, 2.05) is 29.6 Å². The average Bonchev–Trinajstić information content (AvgIpc) is 3.71. The molecule has 12 heteroatoms. The first-order chi connectivity index (χ1) is 18.6. The lowest BCUT2D eigenvalue weighted by Crippen LogP contribution is -2.35. The van der Waals surface area contributed by atoms with E-state index in [-0.39, 0.29) is 24.4 Å². The molecule has 5 heterocycles. The van der Waals surface area contributed by atoms with Crippen molar-refractivity contribution >= 4 is 31.8 Å². The van der Waals surface area contributed by atoms with Crippen LogP contribution in [0.15, 0.2) is 48.0 Å². The Morgan fingerprint density at radius 1 is 1.18 bits per heavy atom. The van der Waals surface area contributed by atoms with Crippen LogP contribution in [-0.2, 0) is 18.5 Å². The van der Waals surface area contributed by atoms with E-state index in [0.29, 0.717) is 23.0 Å². The lowest BCUT2D eigenvalue weighted by molar-refractivity contribution is -0.0493. The largest absolute Gasteiger partial charge is 0.374 e. The van der Waals surface area contributed by atoms with Gasteiger partial charge in [-0.15, -0.1) is 0 Å². The average molecular weight is 540 g/mol. The number of ether oxygens (including phenoxy) is 2. The number of rotatable bonds is 8. The number of hydrogen-bond donors (Lipinski definition) is 0. The Hall–Kier alpha value is -2.53. The third-order valence-corrected chi connectivity index (χ3v) is 9.10. The number of aromatic nitrogens is 4. The van der Waals surface area contributed by atoms with Gasteiger partial charge in [0, 0.05) is 33.8 Å². The molecular weight excluding hydrogens is 505 g/mol. The van der Waals surface area contributed by atoms with Gasteiger partial charge in [0.1, 0.15) is 24.6 Å². The van der Waals surface area contributed by atoms with Crippen LogP contribution in [0.3, 0.4) is 0 Å². The fourth-order valence-corrected chi connectivity index (χ4v) is 7.56. The van der Waals surface area contributed by atoms with Crippen molar-refractivity contribution in [3.05, 3.63) is 48.5 Å². The number of nitrogens with zero attached hydrogens (tertiary/aromatic N) is 7. The molecule has 1 unspecified atom stereocenters. The molecule has 3 saturated heterocycles. The molecule has 1 aromatic carbocycles. The molecule has 6 rings (SSSR count). The zero-order chi connectivity index (χ0) is 26.2. The highest BCUT2D eigenvalue weighted by Crippen LogP contribution is 2.62. The van der Waals surface area contributed by atoms with Gasteiger partial charge in [0.15, 0.2) is 23.2 Å². The van der Waals surface area contributed by atoms with Crippen LogP contribution >= 0.6 is 8.53 Å². The van der Waals surface area contributed by atoms with E-state index < -0.39 is 14.8 Å². The van der Waals surface area contributed by atoms with Crippen LogP contribution in [0.1, 0.15) is 44.1 Å². The minimum absolute atomic E-state index is 0.0134. The molecule has 3 aliphatic rings. The third-order valence-electron chi connectivity index (χ3n) is 7.36. The van der Waals surface area contributed by atoms with Gasteiger partial charge >= 0.3 is 0 Å². The van der Waals surface area contributed by atoms with Crippen LogP contribution in [0.25, 0.3) is 11.2 Å². The highest BCUT2D eigenvalue weighted by Gasteiger charge is 2.53. The van der Waals surface area contributed by atoms with Crippen LogP contribution < -0.4 is 0 Å². The van der Waals surface area contributed by atoms with Gasteiger partial charge in [-0.25, -0.2) is 24.6 Å². The van der Waals surface area contributed by atoms with Gasteiger partial charge in [0.05, 0.1) is 18.8 Å². The monoisotopic (exact) mass is 539 g/mol. The van der Waals surface area contributed by atoms with Crippen molar-refractivity contribution in [1.82, 2.24) is 29.1 Å². The highest BCUT2D eigenvalue weighted by atomic mass is 31.2. The minimum Gasteiger partial charge on any atom is -0.374 e. The molecule has 7 atom stereocenters. The summed E-state index contributed by atoms with van der Waals surface area (Å²) in [4.78, 5) is 19.7. The molecule has 0 radical (unpaired) electrons. The van der Waals surface area contributed by atoms with Crippen LogP contribution in [0.4, 0.5) is 5.82 Å². The summed E-state index contributed by atoms with van der Waals surface area (Å²) in [5.74, 6) is 0.504. The Balaban J connectivity index is 1.27. The number of aliphatic imine (C=N–C) groups is 1. The SMILES string of the molecule is CC[C@H]1O[C@@H](n2cnc3c(N=CN(C)C)ncnc32)C(OC)[C@H]1O[P@@]1O[C@H](c2ccccc2)[C@@H]2CCCN21. The molecule has 38 heavy (non-hydrogen) atoms. The Morgan fingerprint density at radius 2 is 2.03 bits per heavy atom. The van der Waals surface area contributed by atoms with E-state index >= 15 is 0 Å².